The molecular formula is C17H21Cl2N3O3. The fourth-order valence-corrected chi connectivity index (χ4v) is 4.09. The molecule has 3 atom stereocenters. The zero-order valence-electron chi connectivity index (χ0n) is 13.7. The lowest BCUT2D eigenvalue weighted by atomic mass is 9.78. The van der Waals surface area contributed by atoms with Crippen LogP contribution in [0.1, 0.15) is 24.8 Å². The van der Waals surface area contributed by atoms with Gasteiger partial charge >= 0.3 is 0 Å². The number of nitrogens with zero attached hydrogens (tertiary/aromatic N) is 3. The maximum absolute atomic E-state index is 10.4. The zero-order valence-corrected chi connectivity index (χ0v) is 15.2. The van der Waals surface area contributed by atoms with Gasteiger partial charge in [0.1, 0.15) is 18.3 Å². The highest BCUT2D eigenvalue weighted by molar-refractivity contribution is 6.35. The van der Waals surface area contributed by atoms with E-state index < -0.39 is 11.7 Å². The Morgan fingerprint density at radius 3 is 2.92 bits per heavy atom. The van der Waals surface area contributed by atoms with Gasteiger partial charge in [0.2, 0.25) is 0 Å². The topological polar surface area (TPSA) is 80.4 Å². The van der Waals surface area contributed by atoms with Crippen molar-refractivity contribution in [3.63, 3.8) is 0 Å². The highest BCUT2D eigenvalue weighted by atomic mass is 35.5. The van der Waals surface area contributed by atoms with E-state index in [1.54, 1.807) is 23.1 Å². The molecule has 0 amide bonds. The molecule has 8 heteroatoms. The number of aliphatic hydroxyl groups excluding tert-OH is 2. The fourth-order valence-electron chi connectivity index (χ4n) is 3.50. The van der Waals surface area contributed by atoms with Gasteiger partial charge in [0.15, 0.2) is 0 Å². The van der Waals surface area contributed by atoms with Crippen molar-refractivity contribution in [3.8, 4) is 0 Å². The minimum Gasteiger partial charge on any atom is -0.396 e. The molecule has 0 bridgehead atoms. The quantitative estimate of drug-likeness (QED) is 0.798. The van der Waals surface area contributed by atoms with Crippen LogP contribution >= 0.6 is 23.2 Å². The molecule has 0 saturated carbocycles. The number of aliphatic hydroxyl groups is 2. The lowest BCUT2D eigenvalue weighted by molar-refractivity contribution is -0.134. The van der Waals surface area contributed by atoms with Crippen LogP contribution in [0.4, 0.5) is 0 Å². The lowest BCUT2D eigenvalue weighted by Gasteiger charge is -2.43. The van der Waals surface area contributed by atoms with Gasteiger partial charge in [-0.05, 0) is 37.3 Å². The van der Waals surface area contributed by atoms with Gasteiger partial charge in [0.25, 0.3) is 0 Å². The Balaban J connectivity index is 1.96. The smallest absolute Gasteiger partial charge is 0.137 e. The second-order valence-corrected chi connectivity index (χ2v) is 7.24. The summed E-state index contributed by atoms with van der Waals surface area (Å²) in [5.41, 5.74) is 0.0734. The molecular weight excluding hydrogens is 365 g/mol. The average Bonchev–Trinajstić information content (AvgIpc) is 3.08. The van der Waals surface area contributed by atoms with Gasteiger partial charge in [-0.2, -0.15) is 5.10 Å². The molecule has 3 unspecified atom stereocenters. The first-order chi connectivity index (χ1) is 12.0. The van der Waals surface area contributed by atoms with E-state index in [-0.39, 0.29) is 12.5 Å². The Bertz CT molecular complexity index is 698. The SMILES string of the molecule is OCCC(O)C1CCOC(Cn2cncn2)(c2ccc(Cl)cc2Cl)C1. The Morgan fingerprint density at radius 1 is 1.40 bits per heavy atom. The van der Waals surface area contributed by atoms with Gasteiger partial charge in [0, 0.05) is 28.8 Å². The summed E-state index contributed by atoms with van der Waals surface area (Å²) < 4.78 is 7.91. The second kappa shape index (κ2) is 8.01. The van der Waals surface area contributed by atoms with Gasteiger partial charge in [-0.1, -0.05) is 29.3 Å². The number of aromatic nitrogens is 3. The van der Waals surface area contributed by atoms with E-state index in [0.29, 0.717) is 36.0 Å². The summed E-state index contributed by atoms with van der Waals surface area (Å²) in [5.74, 6) is -0.00355. The third-order valence-electron chi connectivity index (χ3n) is 4.73. The molecule has 1 aliphatic rings. The van der Waals surface area contributed by atoms with Gasteiger partial charge < -0.3 is 14.9 Å². The number of ether oxygens (including phenoxy) is 1. The van der Waals surface area contributed by atoms with Gasteiger partial charge in [-0.25, -0.2) is 9.67 Å². The van der Waals surface area contributed by atoms with E-state index >= 15 is 0 Å². The van der Waals surface area contributed by atoms with E-state index in [9.17, 15) is 5.11 Å². The van der Waals surface area contributed by atoms with Crippen LogP contribution in [-0.2, 0) is 16.9 Å². The van der Waals surface area contributed by atoms with Crippen molar-refractivity contribution in [2.24, 2.45) is 5.92 Å². The monoisotopic (exact) mass is 385 g/mol. The Morgan fingerprint density at radius 2 is 2.24 bits per heavy atom. The minimum absolute atomic E-state index is 0.00355. The Hall–Kier alpha value is -1.18. The zero-order chi connectivity index (χ0) is 17.9. The van der Waals surface area contributed by atoms with E-state index in [2.05, 4.69) is 10.1 Å². The summed E-state index contributed by atoms with van der Waals surface area (Å²) in [6.45, 7) is 0.869. The summed E-state index contributed by atoms with van der Waals surface area (Å²) in [4.78, 5) is 3.99. The molecule has 1 fully saturated rings. The molecule has 25 heavy (non-hydrogen) atoms. The van der Waals surface area contributed by atoms with E-state index in [1.165, 1.54) is 6.33 Å². The van der Waals surface area contributed by atoms with Crippen molar-refractivity contribution in [2.75, 3.05) is 13.2 Å². The van der Waals surface area contributed by atoms with Gasteiger partial charge in [0.05, 0.1) is 12.6 Å². The van der Waals surface area contributed by atoms with E-state index in [1.807, 2.05) is 6.07 Å². The number of hydrogen-bond acceptors (Lipinski definition) is 5. The molecule has 0 aliphatic carbocycles. The van der Waals surface area contributed by atoms with Crippen molar-refractivity contribution >= 4 is 23.2 Å². The Kier molecular flexibility index (Phi) is 5.96. The van der Waals surface area contributed by atoms with Gasteiger partial charge in [-0.3, -0.25) is 0 Å². The third kappa shape index (κ3) is 4.15. The third-order valence-corrected chi connectivity index (χ3v) is 5.28. The first-order valence-electron chi connectivity index (χ1n) is 8.25. The summed E-state index contributed by atoms with van der Waals surface area (Å²) in [7, 11) is 0. The number of rotatable bonds is 6. The van der Waals surface area contributed by atoms with E-state index in [0.717, 1.165) is 12.0 Å². The van der Waals surface area contributed by atoms with Gasteiger partial charge in [-0.15, -0.1) is 0 Å². The number of hydrogen-bond donors (Lipinski definition) is 2. The summed E-state index contributed by atoms with van der Waals surface area (Å²) in [6.07, 6.45) is 4.15. The molecule has 0 spiro atoms. The molecule has 136 valence electrons. The molecule has 1 saturated heterocycles. The first kappa shape index (κ1) is 18.6. The fraction of sp³-hybridized carbons (Fsp3) is 0.529. The molecule has 2 N–H and O–H groups in total. The maximum Gasteiger partial charge on any atom is 0.137 e. The molecule has 2 heterocycles. The molecule has 1 aromatic heterocycles. The van der Waals surface area contributed by atoms with Crippen molar-refractivity contribution in [2.45, 2.75) is 37.5 Å². The highest BCUT2D eigenvalue weighted by Gasteiger charge is 2.43. The summed E-state index contributed by atoms with van der Waals surface area (Å²) >= 11 is 12.5. The largest absolute Gasteiger partial charge is 0.396 e. The highest BCUT2D eigenvalue weighted by Crippen LogP contribution is 2.44. The molecule has 0 radical (unpaired) electrons. The second-order valence-electron chi connectivity index (χ2n) is 6.39. The molecule has 6 nitrogen and oxygen atoms in total. The van der Waals surface area contributed by atoms with Crippen LogP contribution in [0.15, 0.2) is 30.9 Å². The van der Waals surface area contributed by atoms with Crippen LogP contribution in [0, 0.1) is 5.92 Å². The average molecular weight is 386 g/mol. The maximum atomic E-state index is 10.4. The first-order valence-corrected chi connectivity index (χ1v) is 9.00. The lowest BCUT2D eigenvalue weighted by Crippen LogP contribution is -2.44. The Labute approximate surface area is 156 Å². The van der Waals surface area contributed by atoms with Crippen LogP contribution in [0.5, 0.6) is 0 Å². The molecule has 1 aliphatic heterocycles. The van der Waals surface area contributed by atoms with Crippen molar-refractivity contribution in [1.29, 1.82) is 0 Å². The number of halogens is 2. The predicted molar refractivity (Wildman–Crippen MR) is 94.5 cm³/mol. The molecule has 2 aromatic rings. The van der Waals surface area contributed by atoms with E-state index in [4.69, 9.17) is 33.0 Å². The van der Waals surface area contributed by atoms with Crippen LogP contribution in [0.25, 0.3) is 0 Å². The predicted octanol–water partition coefficient (Wildman–Crippen LogP) is 2.65. The van der Waals surface area contributed by atoms with Crippen LogP contribution in [0.3, 0.4) is 0 Å². The molecule has 1 aromatic carbocycles. The minimum atomic E-state index is -0.741. The molecule has 3 rings (SSSR count). The standard InChI is InChI=1S/C17H21Cl2N3O3/c18-13-1-2-14(15(19)7-13)17(9-22-11-20-10-21-22)8-12(4-6-25-17)16(24)3-5-23/h1-2,7,10-12,16,23-24H,3-6,8-9H2. The van der Waals surface area contributed by atoms with Crippen molar-refractivity contribution in [1.82, 2.24) is 14.8 Å². The van der Waals surface area contributed by atoms with Crippen molar-refractivity contribution in [3.05, 3.63) is 46.5 Å². The van der Waals surface area contributed by atoms with Crippen LogP contribution in [-0.4, -0.2) is 44.3 Å². The number of benzene rings is 1. The van der Waals surface area contributed by atoms with Crippen LogP contribution in [0.2, 0.25) is 10.0 Å². The van der Waals surface area contributed by atoms with Crippen LogP contribution < -0.4 is 0 Å². The summed E-state index contributed by atoms with van der Waals surface area (Å²) in [5, 5.41) is 24.8. The normalized spacial score (nSPS) is 25.0. The van der Waals surface area contributed by atoms with Crippen molar-refractivity contribution < 1.29 is 14.9 Å². The summed E-state index contributed by atoms with van der Waals surface area (Å²) in [6, 6.07) is 5.34.